The first-order chi connectivity index (χ1) is 8.22. The Morgan fingerprint density at radius 3 is 3.06 bits per heavy atom. The second-order valence-electron chi connectivity index (χ2n) is 4.79. The molecule has 1 aromatic rings. The van der Waals surface area contributed by atoms with Crippen LogP contribution in [0.1, 0.15) is 18.9 Å². The highest BCUT2D eigenvalue weighted by molar-refractivity contribution is 9.10. The quantitative estimate of drug-likeness (QED) is 0.918. The van der Waals surface area contributed by atoms with Gasteiger partial charge >= 0.3 is 0 Å². The smallest absolute Gasteiger partial charge is 0.0407 e. The number of benzene rings is 1. The molecule has 1 fully saturated rings. The van der Waals surface area contributed by atoms with E-state index in [9.17, 15) is 0 Å². The van der Waals surface area contributed by atoms with E-state index in [4.69, 9.17) is 0 Å². The third kappa shape index (κ3) is 3.02. The molecule has 0 spiro atoms. The lowest BCUT2D eigenvalue weighted by atomic mass is 10.1. The molecule has 1 aromatic carbocycles. The van der Waals surface area contributed by atoms with Gasteiger partial charge in [-0.05, 0) is 50.0 Å². The highest BCUT2D eigenvalue weighted by Gasteiger charge is 2.23. The molecular weight excluding hydrogens is 276 g/mol. The summed E-state index contributed by atoms with van der Waals surface area (Å²) in [6, 6.07) is 6.48. The lowest BCUT2D eigenvalue weighted by Crippen LogP contribution is -2.26. The van der Waals surface area contributed by atoms with Gasteiger partial charge in [0, 0.05) is 23.2 Å². The van der Waals surface area contributed by atoms with Gasteiger partial charge in [0.25, 0.3) is 0 Å². The second kappa shape index (κ2) is 5.87. The van der Waals surface area contributed by atoms with Crippen molar-refractivity contribution in [2.24, 2.45) is 5.92 Å². The van der Waals surface area contributed by atoms with Crippen molar-refractivity contribution in [3.05, 3.63) is 28.2 Å². The molecule has 0 amide bonds. The van der Waals surface area contributed by atoms with Crippen LogP contribution in [0.3, 0.4) is 0 Å². The third-order valence-corrected chi connectivity index (χ3v) is 4.41. The maximum Gasteiger partial charge on any atom is 0.0407 e. The van der Waals surface area contributed by atoms with Crippen LogP contribution >= 0.6 is 15.9 Å². The first-order valence-corrected chi connectivity index (χ1v) is 7.22. The number of nitrogens with one attached hydrogen (secondary N) is 1. The molecule has 1 saturated heterocycles. The van der Waals surface area contributed by atoms with Crippen molar-refractivity contribution in [3.63, 3.8) is 0 Å². The SMILES string of the molecule is CCNCC1CCN(c2cccc(Br)c2C)C1. The fourth-order valence-electron chi connectivity index (χ4n) is 2.51. The van der Waals surface area contributed by atoms with Crippen molar-refractivity contribution in [2.75, 3.05) is 31.1 Å². The van der Waals surface area contributed by atoms with E-state index in [2.05, 4.69) is 58.2 Å². The molecule has 0 saturated carbocycles. The molecule has 0 radical (unpaired) electrons. The molecule has 0 aromatic heterocycles. The monoisotopic (exact) mass is 296 g/mol. The largest absolute Gasteiger partial charge is 0.371 e. The molecule has 94 valence electrons. The highest BCUT2D eigenvalue weighted by atomic mass is 79.9. The number of hydrogen-bond donors (Lipinski definition) is 1. The summed E-state index contributed by atoms with van der Waals surface area (Å²) in [6.07, 6.45) is 1.30. The van der Waals surface area contributed by atoms with Gasteiger partial charge in [0.05, 0.1) is 0 Å². The average Bonchev–Trinajstić information content (AvgIpc) is 2.78. The number of halogens is 1. The van der Waals surface area contributed by atoms with E-state index in [1.165, 1.54) is 35.2 Å². The Labute approximate surface area is 113 Å². The molecule has 0 bridgehead atoms. The van der Waals surface area contributed by atoms with Gasteiger partial charge in [-0.3, -0.25) is 0 Å². The Morgan fingerprint density at radius 1 is 1.47 bits per heavy atom. The fraction of sp³-hybridized carbons (Fsp3) is 0.571. The van der Waals surface area contributed by atoms with E-state index in [1.54, 1.807) is 0 Å². The molecular formula is C14H21BrN2. The molecule has 1 atom stereocenters. The predicted molar refractivity (Wildman–Crippen MR) is 77.7 cm³/mol. The maximum absolute atomic E-state index is 3.61. The van der Waals surface area contributed by atoms with Crippen LogP contribution < -0.4 is 10.2 Å². The average molecular weight is 297 g/mol. The Hall–Kier alpha value is -0.540. The zero-order valence-corrected chi connectivity index (χ0v) is 12.3. The zero-order chi connectivity index (χ0) is 12.3. The Morgan fingerprint density at radius 2 is 2.29 bits per heavy atom. The van der Waals surface area contributed by atoms with Crippen molar-refractivity contribution < 1.29 is 0 Å². The minimum absolute atomic E-state index is 0.799. The molecule has 2 nitrogen and oxygen atoms in total. The second-order valence-corrected chi connectivity index (χ2v) is 5.65. The minimum Gasteiger partial charge on any atom is -0.371 e. The Kier molecular flexibility index (Phi) is 4.46. The van der Waals surface area contributed by atoms with Crippen LogP contribution in [0.15, 0.2) is 22.7 Å². The number of anilines is 1. The Balaban J connectivity index is 2.02. The van der Waals surface area contributed by atoms with E-state index in [1.807, 2.05) is 0 Å². The topological polar surface area (TPSA) is 15.3 Å². The molecule has 1 aliphatic rings. The molecule has 2 rings (SSSR count). The van der Waals surface area contributed by atoms with Crippen LogP contribution in [-0.4, -0.2) is 26.2 Å². The highest BCUT2D eigenvalue weighted by Crippen LogP contribution is 2.30. The van der Waals surface area contributed by atoms with Crippen LogP contribution in [0, 0.1) is 12.8 Å². The van der Waals surface area contributed by atoms with Gasteiger partial charge < -0.3 is 10.2 Å². The van der Waals surface area contributed by atoms with E-state index >= 15 is 0 Å². The van der Waals surface area contributed by atoms with Crippen molar-refractivity contribution >= 4 is 21.6 Å². The summed E-state index contributed by atoms with van der Waals surface area (Å²) >= 11 is 3.61. The van der Waals surface area contributed by atoms with Gasteiger partial charge in [-0.2, -0.15) is 0 Å². The number of rotatable bonds is 4. The molecule has 0 aliphatic carbocycles. The summed E-state index contributed by atoms with van der Waals surface area (Å²) in [7, 11) is 0. The van der Waals surface area contributed by atoms with Gasteiger partial charge in [-0.1, -0.05) is 28.9 Å². The third-order valence-electron chi connectivity index (χ3n) is 3.55. The van der Waals surface area contributed by atoms with E-state index in [-0.39, 0.29) is 0 Å². The number of hydrogen-bond acceptors (Lipinski definition) is 2. The summed E-state index contributed by atoms with van der Waals surface area (Å²) in [5.41, 5.74) is 2.75. The lowest BCUT2D eigenvalue weighted by Gasteiger charge is -2.21. The lowest BCUT2D eigenvalue weighted by molar-refractivity contribution is 0.528. The van der Waals surface area contributed by atoms with Crippen LogP contribution in [0.4, 0.5) is 5.69 Å². The Bertz CT molecular complexity index is 378. The van der Waals surface area contributed by atoms with Crippen LogP contribution in [-0.2, 0) is 0 Å². The van der Waals surface area contributed by atoms with Crippen molar-refractivity contribution in [1.29, 1.82) is 0 Å². The summed E-state index contributed by atoms with van der Waals surface area (Å²) in [5, 5.41) is 3.45. The van der Waals surface area contributed by atoms with Crippen LogP contribution in [0.25, 0.3) is 0 Å². The fourth-order valence-corrected chi connectivity index (χ4v) is 2.86. The molecule has 1 aliphatic heterocycles. The predicted octanol–water partition coefficient (Wildman–Crippen LogP) is 3.19. The zero-order valence-electron chi connectivity index (χ0n) is 10.7. The van der Waals surface area contributed by atoms with Gasteiger partial charge in [-0.25, -0.2) is 0 Å². The summed E-state index contributed by atoms with van der Waals surface area (Å²) in [4.78, 5) is 2.52. The van der Waals surface area contributed by atoms with Gasteiger partial charge in [-0.15, -0.1) is 0 Å². The summed E-state index contributed by atoms with van der Waals surface area (Å²) < 4.78 is 1.21. The summed E-state index contributed by atoms with van der Waals surface area (Å²) in [6.45, 7) is 8.96. The normalized spacial score (nSPS) is 19.9. The first-order valence-electron chi connectivity index (χ1n) is 6.43. The first kappa shape index (κ1) is 12.9. The standard InChI is InChI=1S/C14H21BrN2/c1-3-16-9-12-7-8-17(10-12)14-6-4-5-13(15)11(14)2/h4-6,12,16H,3,7-10H2,1-2H3. The van der Waals surface area contributed by atoms with E-state index in [0.717, 1.165) is 19.0 Å². The van der Waals surface area contributed by atoms with Crippen molar-refractivity contribution in [3.8, 4) is 0 Å². The molecule has 17 heavy (non-hydrogen) atoms. The van der Waals surface area contributed by atoms with Crippen LogP contribution in [0.5, 0.6) is 0 Å². The summed E-state index contributed by atoms with van der Waals surface area (Å²) in [5.74, 6) is 0.799. The van der Waals surface area contributed by atoms with Crippen molar-refractivity contribution in [1.82, 2.24) is 5.32 Å². The van der Waals surface area contributed by atoms with Gasteiger partial charge in [0.1, 0.15) is 0 Å². The molecule has 1 heterocycles. The van der Waals surface area contributed by atoms with Gasteiger partial charge in [0.15, 0.2) is 0 Å². The van der Waals surface area contributed by atoms with Crippen LogP contribution in [0.2, 0.25) is 0 Å². The van der Waals surface area contributed by atoms with E-state index in [0.29, 0.717) is 0 Å². The van der Waals surface area contributed by atoms with Crippen molar-refractivity contribution in [2.45, 2.75) is 20.3 Å². The molecule has 1 unspecified atom stereocenters. The maximum atomic E-state index is 3.61. The number of nitrogens with zero attached hydrogens (tertiary/aromatic N) is 1. The van der Waals surface area contributed by atoms with Gasteiger partial charge in [0.2, 0.25) is 0 Å². The molecule has 3 heteroatoms. The molecule has 1 N–H and O–H groups in total. The van der Waals surface area contributed by atoms with E-state index < -0.39 is 0 Å². The minimum atomic E-state index is 0.799.